The zero-order chi connectivity index (χ0) is 15.0. The highest BCUT2D eigenvalue weighted by Crippen LogP contribution is 2.16. The van der Waals surface area contributed by atoms with Gasteiger partial charge in [-0.05, 0) is 49.3 Å². The van der Waals surface area contributed by atoms with Gasteiger partial charge in [-0.1, -0.05) is 39.8 Å². The van der Waals surface area contributed by atoms with Crippen LogP contribution in [0.4, 0.5) is 0 Å². The van der Waals surface area contributed by atoms with E-state index in [9.17, 15) is 0 Å². The van der Waals surface area contributed by atoms with Crippen LogP contribution in [0.1, 0.15) is 53.0 Å². The van der Waals surface area contributed by atoms with Crippen LogP contribution >= 0.6 is 0 Å². The van der Waals surface area contributed by atoms with Gasteiger partial charge in [0.15, 0.2) is 0 Å². The molecule has 1 N–H and O–H groups in total. The molecule has 0 fully saturated rings. The summed E-state index contributed by atoms with van der Waals surface area (Å²) in [5.41, 5.74) is 1.30. The molecule has 0 heterocycles. The molecule has 1 aromatic carbocycles. The van der Waals surface area contributed by atoms with Gasteiger partial charge in [-0.25, -0.2) is 0 Å². The largest absolute Gasteiger partial charge is 0.494 e. The Bertz CT molecular complexity index is 363. The zero-order valence-corrected chi connectivity index (χ0v) is 13.8. The maximum atomic E-state index is 5.55. The van der Waals surface area contributed by atoms with Crippen molar-refractivity contribution in [2.45, 2.75) is 60.0 Å². The molecule has 0 aromatic heterocycles. The van der Waals surface area contributed by atoms with Crippen molar-refractivity contribution in [3.8, 4) is 5.75 Å². The maximum Gasteiger partial charge on any atom is 0.119 e. The van der Waals surface area contributed by atoms with Crippen molar-refractivity contribution in [3.05, 3.63) is 29.8 Å². The lowest BCUT2D eigenvalue weighted by Gasteiger charge is -2.22. The van der Waals surface area contributed by atoms with Crippen molar-refractivity contribution in [2.75, 3.05) is 6.61 Å². The number of benzene rings is 1. The molecule has 0 saturated heterocycles. The molecule has 0 spiro atoms. The Hall–Kier alpha value is -1.02. The van der Waals surface area contributed by atoms with Crippen LogP contribution < -0.4 is 10.1 Å². The molecule has 0 atom stereocenters. The molecule has 0 bridgehead atoms. The van der Waals surface area contributed by atoms with E-state index in [-0.39, 0.29) is 0 Å². The summed E-state index contributed by atoms with van der Waals surface area (Å²) in [4.78, 5) is 0. The maximum absolute atomic E-state index is 5.55. The lowest BCUT2D eigenvalue weighted by molar-refractivity contribution is 0.338. The number of hydrogen-bond acceptors (Lipinski definition) is 2. The van der Waals surface area contributed by atoms with Crippen LogP contribution in [0.3, 0.4) is 0 Å². The Labute approximate surface area is 124 Å². The molecule has 2 nitrogen and oxygen atoms in total. The van der Waals surface area contributed by atoms with E-state index < -0.39 is 0 Å². The second-order valence-corrected chi connectivity index (χ2v) is 6.42. The van der Waals surface area contributed by atoms with Gasteiger partial charge in [0, 0.05) is 12.6 Å². The SMILES string of the molecule is CCOc1cccc(CNC(CC(C)C)CC(C)C)c1. The van der Waals surface area contributed by atoms with E-state index in [1.165, 1.54) is 18.4 Å². The molecule has 0 unspecified atom stereocenters. The summed E-state index contributed by atoms with van der Waals surface area (Å²) in [6, 6.07) is 9.00. The molecule has 0 aliphatic carbocycles. The highest BCUT2D eigenvalue weighted by molar-refractivity contribution is 5.28. The van der Waals surface area contributed by atoms with Crippen LogP contribution in [0.15, 0.2) is 24.3 Å². The first-order chi connectivity index (χ1) is 9.51. The molecule has 2 heteroatoms. The predicted octanol–water partition coefficient (Wildman–Crippen LogP) is 4.64. The number of rotatable bonds is 9. The van der Waals surface area contributed by atoms with Crippen LogP contribution in [0.2, 0.25) is 0 Å². The van der Waals surface area contributed by atoms with E-state index in [4.69, 9.17) is 4.74 Å². The zero-order valence-electron chi connectivity index (χ0n) is 13.8. The Morgan fingerprint density at radius 1 is 1.05 bits per heavy atom. The molecule has 0 aliphatic heterocycles. The number of hydrogen-bond donors (Lipinski definition) is 1. The minimum atomic E-state index is 0.603. The predicted molar refractivity (Wildman–Crippen MR) is 87.1 cm³/mol. The van der Waals surface area contributed by atoms with E-state index in [0.717, 1.165) is 30.7 Å². The van der Waals surface area contributed by atoms with E-state index in [2.05, 4.69) is 51.2 Å². The Morgan fingerprint density at radius 2 is 1.70 bits per heavy atom. The van der Waals surface area contributed by atoms with Gasteiger partial charge in [0.1, 0.15) is 5.75 Å². The molecular weight excluding hydrogens is 246 g/mol. The summed E-state index contributed by atoms with van der Waals surface area (Å²) in [5, 5.41) is 3.71. The highest BCUT2D eigenvalue weighted by Gasteiger charge is 2.12. The van der Waals surface area contributed by atoms with Crippen molar-refractivity contribution >= 4 is 0 Å². The summed E-state index contributed by atoms with van der Waals surface area (Å²) in [6.07, 6.45) is 2.48. The van der Waals surface area contributed by atoms with Gasteiger partial charge in [0.2, 0.25) is 0 Å². The van der Waals surface area contributed by atoms with Crippen LogP contribution in [-0.2, 0) is 6.54 Å². The molecule has 0 saturated carbocycles. The average molecular weight is 277 g/mol. The minimum Gasteiger partial charge on any atom is -0.494 e. The first-order valence-corrected chi connectivity index (χ1v) is 7.96. The third-order valence-corrected chi connectivity index (χ3v) is 3.32. The average Bonchev–Trinajstić information content (AvgIpc) is 2.35. The van der Waals surface area contributed by atoms with Gasteiger partial charge in [-0.15, -0.1) is 0 Å². The van der Waals surface area contributed by atoms with Crippen molar-refractivity contribution in [1.82, 2.24) is 5.32 Å². The van der Waals surface area contributed by atoms with E-state index in [0.29, 0.717) is 6.04 Å². The fourth-order valence-corrected chi connectivity index (χ4v) is 2.58. The van der Waals surface area contributed by atoms with Gasteiger partial charge in [-0.2, -0.15) is 0 Å². The molecular formula is C18H31NO. The van der Waals surface area contributed by atoms with Gasteiger partial charge in [0.25, 0.3) is 0 Å². The minimum absolute atomic E-state index is 0.603. The summed E-state index contributed by atoms with van der Waals surface area (Å²) in [5.74, 6) is 2.44. The second-order valence-electron chi connectivity index (χ2n) is 6.42. The first kappa shape index (κ1) is 17.0. The molecule has 1 aromatic rings. The smallest absolute Gasteiger partial charge is 0.119 e. The lowest BCUT2D eigenvalue weighted by Crippen LogP contribution is -2.31. The summed E-state index contributed by atoms with van der Waals surface area (Å²) in [6.45, 7) is 12.8. The monoisotopic (exact) mass is 277 g/mol. The van der Waals surface area contributed by atoms with E-state index in [1.807, 2.05) is 13.0 Å². The van der Waals surface area contributed by atoms with Gasteiger partial charge >= 0.3 is 0 Å². The highest BCUT2D eigenvalue weighted by atomic mass is 16.5. The normalized spacial score (nSPS) is 11.6. The molecule has 20 heavy (non-hydrogen) atoms. The molecule has 114 valence electrons. The second kappa shape index (κ2) is 9.02. The third-order valence-electron chi connectivity index (χ3n) is 3.32. The van der Waals surface area contributed by atoms with Crippen LogP contribution in [0.5, 0.6) is 5.75 Å². The van der Waals surface area contributed by atoms with E-state index in [1.54, 1.807) is 0 Å². The fraction of sp³-hybridized carbons (Fsp3) is 0.667. The van der Waals surface area contributed by atoms with Gasteiger partial charge < -0.3 is 10.1 Å². The Kier molecular flexibility index (Phi) is 7.68. The summed E-state index contributed by atoms with van der Waals surface area (Å²) in [7, 11) is 0. The van der Waals surface area contributed by atoms with Crippen LogP contribution in [-0.4, -0.2) is 12.6 Å². The van der Waals surface area contributed by atoms with Crippen molar-refractivity contribution in [2.24, 2.45) is 11.8 Å². The quantitative estimate of drug-likeness (QED) is 0.710. The van der Waals surface area contributed by atoms with Crippen molar-refractivity contribution in [3.63, 3.8) is 0 Å². The van der Waals surface area contributed by atoms with E-state index >= 15 is 0 Å². The lowest BCUT2D eigenvalue weighted by atomic mass is 9.95. The topological polar surface area (TPSA) is 21.3 Å². The number of nitrogens with one attached hydrogen (secondary N) is 1. The first-order valence-electron chi connectivity index (χ1n) is 7.96. The van der Waals surface area contributed by atoms with Crippen molar-refractivity contribution < 1.29 is 4.74 Å². The van der Waals surface area contributed by atoms with Crippen molar-refractivity contribution in [1.29, 1.82) is 0 Å². The number of ether oxygens (including phenoxy) is 1. The fourth-order valence-electron chi connectivity index (χ4n) is 2.58. The van der Waals surface area contributed by atoms with Gasteiger partial charge in [0.05, 0.1) is 6.61 Å². The molecule has 1 rings (SSSR count). The standard InChI is InChI=1S/C18H31NO/c1-6-20-18-9-7-8-16(12-18)13-19-17(10-14(2)3)11-15(4)5/h7-9,12,14-15,17,19H,6,10-11,13H2,1-5H3. The van der Waals surface area contributed by atoms with Crippen LogP contribution in [0.25, 0.3) is 0 Å². The summed E-state index contributed by atoms with van der Waals surface area (Å²) >= 11 is 0. The Morgan fingerprint density at radius 3 is 2.25 bits per heavy atom. The van der Waals surface area contributed by atoms with Gasteiger partial charge in [-0.3, -0.25) is 0 Å². The third kappa shape index (κ3) is 6.95. The summed E-state index contributed by atoms with van der Waals surface area (Å²) < 4.78 is 5.55. The molecule has 0 aliphatic rings. The molecule has 0 radical (unpaired) electrons. The Balaban J connectivity index is 2.54. The molecule has 0 amide bonds. The van der Waals surface area contributed by atoms with Crippen LogP contribution in [0, 0.1) is 11.8 Å².